The minimum Gasteiger partial charge on any atom is -0.0901 e. The molecule has 0 aromatic heterocycles. The molecule has 56 valence electrons. The first-order valence-corrected chi connectivity index (χ1v) is 4.84. The lowest BCUT2D eigenvalue weighted by atomic mass is 9.49. The van der Waals surface area contributed by atoms with Crippen LogP contribution in [0.4, 0.5) is 0 Å². The van der Waals surface area contributed by atoms with Crippen LogP contribution in [0.3, 0.4) is 0 Å². The first-order chi connectivity index (χ1) is 4.84. The lowest BCUT2D eigenvalue weighted by Gasteiger charge is -2.26. The van der Waals surface area contributed by atoms with Crippen molar-refractivity contribution in [2.45, 2.75) is 44.6 Å². The molecule has 0 amide bonds. The van der Waals surface area contributed by atoms with E-state index in [0.717, 1.165) is 11.6 Å². The summed E-state index contributed by atoms with van der Waals surface area (Å²) in [6.07, 6.45) is 7.50. The van der Waals surface area contributed by atoms with Crippen LogP contribution in [0.25, 0.3) is 0 Å². The molecule has 1 aliphatic carbocycles. The van der Waals surface area contributed by atoms with E-state index in [1.54, 1.807) is 0 Å². The summed E-state index contributed by atoms with van der Waals surface area (Å²) in [5, 5.41) is 0. The molecule has 0 spiro atoms. The number of hydrogen-bond acceptors (Lipinski definition) is 0. The molecule has 0 aromatic rings. The molecule has 1 unspecified atom stereocenters. The van der Waals surface area contributed by atoms with Crippen molar-refractivity contribution in [3.8, 4) is 0 Å². The number of rotatable bonds is 2. The predicted molar refractivity (Wildman–Crippen MR) is 51.9 cm³/mol. The molecule has 0 saturated heterocycles. The third kappa shape index (κ3) is 2.07. The van der Waals surface area contributed by atoms with E-state index in [0.29, 0.717) is 0 Å². The minimum atomic E-state index is 0.986. The molecular formula is C8H18B2. The van der Waals surface area contributed by atoms with E-state index in [1.165, 1.54) is 39.4 Å². The Morgan fingerprint density at radius 3 is 2.40 bits per heavy atom. The fourth-order valence-corrected chi connectivity index (χ4v) is 2.04. The predicted octanol–water partition coefficient (Wildman–Crippen LogP) is 1.43. The molecule has 1 aliphatic rings. The van der Waals surface area contributed by atoms with Crippen molar-refractivity contribution in [1.82, 2.24) is 0 Å². The van der Waals surface area contributed by atoms with Gasteiger partial charge < -0.3 is 0 Å². The van der Waals surface area contributed by atoms with Crippen LogP contribution < -0.4 is 0 Å². The largest absolute Gasteiger partial charge is 0.112 e. The maximum Gasteiger partial charge on any atom is 0.112 e. The average Bonchev–Trinajstić information content (AvgIpc) is 2.05. The van der Waals surface area contributed by atoms with Gasteiger partial charge in [-0.15, -0.1) is 0 Å². The summed E-state index contributed by atoms with van der Waals surface area (Å²) in [5.74, 6) is 1.07. The Kier molecular flexibility index (Phi) is 3.37. The fourth-order valence-electron chi connectivity index (χ4n) is 2.04. The normalized spacial score (nSPS) is 24.1. The van der Waals surface area contributed by atoms with Gasteiger partial charge in [0.05, 0.1) is 7.85 Å². The topological polar surface area (TPSA) is 0 Å². The summed E-state index contributed by atoms with van der Waals surface area (Å²) in [6, 6.07) is 0. The van der Waals surface area contributed by atoms with Crippen molar-refractivity contribution in [1.29, 1.82) is 0 Å². The summed E-state index contributed by atoms with van der Waals surface area (Å²) >= 11 is 0. The van der Waals surface area contributed by atoms with Gasteiger partial charge in [-0.1, -0.05) is 50.6 Å². The maximum absolute atomic E-state index is 2.41. The van der Waals surface area contributed by atoms with Gasteiger partial charge in [0, 0.05) is 0 Å². The Morgan fingerprint density at radius 2 is 1.90 bits per heavy atom. The van der Waals surface area contributed by atoms with Crippen LogP contribution >= 0.6 is 0 Å². The lowest BCUT2D eigenvalue weighted by molar-refractivity contribution is 0.372. The molecule has 1 atom stereocenters. The van der Waals surface area contributed by atoms with Crippen LogP contribution in [0.15, 0.2) is 0 Å². The molecule has 1 fully saturated rings. The van der Waals surface area contributed by atoms with Gasteiger partial charge in [-0.2, -0.15) is 0 Å². The first-order valence-electron chi connectivity index (χ1n) is 4.84. The maximum atomic E-state index is 2.41. The Hall–Kier alpha value is 0.130. The highest BCUT2D eigenvalue weighted by atomic mass is 14.2. The van der Waals surface area contributed by atoms with Gasteiger partial charge in [0.1, 0.15) is 7.28 Å². The van der Waals surface area contributed by atoms with E-state index in [-0.39, 0.29) is 0 Å². The standard InChI is InChI=1S/C8H18B2/c1-10-8(9)7-5-3-2-4-6-7/h7-8,10H,2-6,9H2,1H3. The Labute approximate surface area is 66.4 Å². The third-order valence-corrected chi connectivity index (χ3v) is 3.10. The highest BCUT2D eigenvalue weighted by Crippen LogP contribution is 2.30. The second kappa shape index (κ2) is 4.10. The molecule has 10 heavy (non-hydrogen) atoms. The summed E-state index contributed by atoms with van der Waals surface area (Å²) in [6.45, 7) is 2.32. The quantitative estimate of drug-likeness (QED) is 0.503. The van der Waals surface area contributed by atoms with Crippen LogP contribution in [-0.2, 0) is 0 Å². The third-order valence-electron chi connectivity index (χ3n) is 3.10. The highest BCUT2D eigenvalue weighted by Gasteiger charge is 2.18. The van der Waals surface area contributed by atoms with Gasteiger partial charge in [0.15, 0.2) is 0 Å². The highest BCUT2D eigenvalue weighted by molar-refractivity contribution is 6.49. The SMILES string of the molecule is BC(BC)C1CCCCC1. The van der Waals surface area contributed by atoms with Gasteiger partial charge in [-0.3, -0.25) is 0 Å². The van der Waals surface area contributed by atoms with Gasteiger partial charge in [0.25, 0.3) is 0 Å². The molecule has 1 saturated carbocycles. The molecule has 0 nitrogen and oxygen atoms in total. The molecule has 0 heterocycles. The number of hydrogen-bond donors (Lipinski definition) is 0. The monoisotopic (exact) mass is 136 g/mol. The van der Waals surface area contributed by atoms with Crippen molar-refractivity contribution in [2.24, 2.45) is 5.92 Å². The molecule has 0 N–H and O–H groups in total. The zero-order valence-electron chi connectivity index (χ0n) is 7.40. The van der Waals surface area contributed by atoms with E-state index in [4.69, 9.17) is 0 Å². The van der Waals surface area contributed by atoms with Crippen molar-refractivity contribution in [3.05, 3.63) is 0 Å². The lowest BCUT2D eigenvalue weighted by Crippen LogP contribution is -2.16. The molecule has 1 rings (SSSR count). The Morgan fingerprint density at radius 1 is 1.30 bits per heavy atom. The van der Waals surface area contributed by atoms with Crippen LogP contribution in [0.1, 0.15) is 32.1 Å². The van der Waals surface area contributed by atoms with Crippen molar-refractivity contribution in [2.75, 3.05) is 0 Å². The second-order valence-corrected chi connectivity index (χ2v) is 3.78. The summed E-state index contributed by atoms with van der Waals surface area (Å²) < 4.78 is 0. The fraction of sp³-hybridized carbons (Fsp3) is 1.00. The van der Waals surface area contributed by atoms with Crippen LogP contribution in [-0.4, -0.2) is 15.1 Å². The van der Waals surface area contributed by atoms with Crippen molar-refractivity contribution in [3.63, 3.8) is 0 Å². The van der Waals surface area contributed by atoms with Gasteiger partial charge in [-0.25, -0.2) is 0 Å². The molecule has 2 heteroatoms. The van der Waals surface area contributed by atoms with Gasteiger partial charge in [-0.05, 0) is 0 Å². The molecule has 0 radical (unpaired) electrons. The zero-order valence-corrected chi connectivity index (χ0v) is 7.40. The summed E-state index contributed by atoms with van der Waals surface area (Å²) in [5.41, 5.74) is 0.986. The molecule has 0 aromatic carbocycles. The van der Waals surface area contributed by atoms with Crippen molar-refractivity contribution >= 4 is 15.1 Å². The Bertz CT molecular complexity index is 87.3. The van der Waals surface area contributed by atoms with Crippen molar-refractivity contribution < 1.29 is 0 Å². The molecular weight excluding hydrogens is 118 g/mol. The summed E-state index contributed by atoms with van der Waals surface area (Å²) in [4.78, 5) is 0. The van der Waals surface area contributed by atoms with E-state index in [1.807, 2.05) is 0 Å². The average molecular weight is 136 g/mol. The first kappa shape index (κ1) is 8.23. The molecule has 0 aliphatic heterocycles. The zero-order chi connectivity index (χ0) is 7.40. The van der Waals surface area contributed by atoms with E-state index >= 15 is 0 Å². The van der Waals surface area contributed by atoms with Crippen LogP contribution in [0.5, 0.6) is 0 Å². The minimum absolute atomic E-state index is 0.986. The van der Waals surface area contributed by atoms with Gasteiger partial charge in [0.2, 0.25) is 0 Å². The Balaban J connectivity index is 2.24. The molecule has 0 bridgehead atoms. The van der Waals surface area contributed by atoms with Gasteiger partial charge >= 0.3 is 0 Å². The second-order valence-electron chi connectivity index (χ2n) is 3.78. The van der Waals surface area contributed by atoms with E-state index in [9.17, 15) is 0 Å². The van der Waals surface area contributed by atoms with E-state index in [2.05, 4.69) is 14.7 Å². The smallest absolute Gasteiger partial charge is 0.0901 e. The summed E-state index contributed by atoms with van der Waals surface area (Å²) in [7, 11) is 3.79. The van der Waals surface area contributed by atoms with Crippen LogP contribution in [0.2, 0.25) is 12.5 Å². The van der Waals surface area contributed by atoms with Crippen LogP contribution in [0, 0.1) is 5.92 Å². The van der Waals surface area contributed by atoms with E-state index < -0.39 is 0 Å².